The van der Waals surface area contributed by atoms with Crippen molar-refractivity contribution < 1.29 is 13.2 Å². The molecule has 0 aromatic heterocycles. The lowest BCUT2D eigenvalue weighted by Crippen LogP contribution is -2.34. The molecule has 0 heterocycles. The third-order valence-corrected chi connectivity index (χ3v) is 1.97. The van der Waals surface area contributed by atoms with E-state index < -0.39 is 11.7 Å². The zero-order chi connectivity index (χ0) is 11.0. The van der Waals surface area contributed by atoms with E-state index in [1.54, 1.807) is 0 Å². The summed E-state index contributed by atoms with van der Waals surface area (Å²) in [5.74, 6) is 0. The minimum Gasteiger partial charge on any atom is -0.298 e. The van der Waals surface area contributed by atoms with Crippen LogP contribution in [0.5, 0.6) is 0 Å². The molecule has 1 aromatic rings. The number of rotatable bonds is 1. The number of halogens is 3. The fraction of sp³-hybridized carbons (Fsp3) is 0.400. The molecule has 0 aliphatic rings. The van der Waals surface area contributed by atoms with Gasteiger partial charge in [0.15, 0.2) is 17.4 Å². The van der Waals surface area contributed by atoms with Gasteiger partial charge in [0.1, 0.15) is 5.69 Å². The van der Waals surface area contributed by atoms with E-state index >= 15 is 0 Å². The Labute approximate surface area is 98.2 Å². The molecule has 1 aromatic carbocycles. The normalized spacial score (nSPS) is 12.1. The van der Waals surface area contributed by atoms with E-state index in [0.29, 0.717) is 4.48 Å². The summed E-state index contributed by atoms with van der Waals surface area (Å²) in [4.78, 5) is 0. The molecule has 1 nitrogen and oxygen atoms in total. The molecular weight excluding hydrogens is 218 g/mol. The van der Waals surface area contributed by atoms with Gasteiger partial charge < -0.3 is 0 Å². The zero-order valence-electron chi connectivity index (χ0n) is 8.39. The number of nitrogens with zero attached hydrogens (tertiary/aromatic N) is 1. The van der Waals surface area contributed by atoms with Crippen LogP contribution in [-0.2, 0) is 6.18 Å². The predicted molar refractivity (Wildman–Crippen MR) is 60.9 cm³/mol. The lowest BCUT2D eigenvalue weighted by Gasteiger charge is -2.23. The Hall–Kier alpha value is -0.498. The van der Waals surface area contributed by atoms with Crippen molar-refractivity contribution in [3.63, 3.8) is 0 Å². The highest BCUT2D eigenvalue weighted by molar-refractivity contribution is 5.75. The lowest BCUT2D eigenvalue weighted by molar-refractivity contribution is -0.137. The molecular formula is C10H16AlF3N+. The number of hydrogen-bond donors (Lipinski definition) is 0. The quantitative estimate of drug-likeness (QED) is 0.512. The largest absolute Gasteiger partial charge is 0.416 e. The van der Waals surface area contributed by atoms with Crippen LogP contribution in [0.25, 0.3) is 0 Å². The number of quaternary nitrogens is 1. The van der Waals surface area contributed by atoms with Crippen molar-refractivity contribution in [2.45, 2.75) is 6.18 Å². The fourth-order valence-corrected chi connectivity index (χ4v) is 1.10. The van der Waals surface area contributed by atoms with Gasteiger partial charge in [-0.25, -0.2) is 0 Å². The minimum absolute atomic E-state index is 0. The molecule has 0 radical (unpaired) electrons. The third kappa shape index (κ3) is 3.86. The molecule has 15 heavy (non-hydrogen) atoms. The van der Waals surface area contributed by atoms with Crippen LogP contribution < -0.4 is 4.48 Å². The van der Waals surface area contributed by atoms with Crippen molar-refractivity contribution in [3.8, 4) is 0 Å². The average Bonchev–Trinajstić information content (AvgIpc) is 2.01. The van der Waals surface area contributed by atoms with Crippen LogP contribution in [-0.4, -0.2) is 38.5 Å². The van der Waals surface area contributed by atoms with Gasteiger partial charge in [0.25, 0.3) is 0 Å². The topological polar surface area (TPSA) is 0 Å². The van der Waals surface area contributed by atoms with E-state index in [0.717, 1.165) is 17.8 Å². The Morgan fingerprint density at radius 2 is 1.33 bits per heavy atom. The maximum absolute atomic E-state index is 12.2. The minimum atomic E-state index is -4.25. The van der Waals surface area contributed by atoms with Gasteiger partial charge in [-0.2, -0.15) is 13.2 Å². The summed E-state index contributed by atoms with van der Waals surface area (Å²) in [7, 11) is 5.72. The second-order valence-corrected chi connectivity index (χ2v) is 4.06. The van der Waals surface area contributed by atoms with Crippen molar-refractivity contribution in [2.75, 3.05) is 21.1 Å². The molecule has 0 atom stereocenters. The van der Waals surface area contributed by atoms with Crippen LogP contribution >= 0.6 is 0 Å². The molecule has 0 unspecified atom stereocenters. The Balaban J connectivity index is 0.00000196. The number of hydrogen-bond acceptors (Lipinski definition) is 0. The van der Waals surface area contributed by atoms with Gasteiger partial charge in [-0.05, 0) is 24.3 Å². The van der Waals surface area contributed by atoms with Crippen LogP contribution in [0.1, 0.15) is 5.56 Å². The van der Waals surface area contributed by atoms with Crippen molar-refractivity contribution in [1.29, 1.82) is 0 Å². The van der Waals surface area contributed by atoms with E-state index in [-0.39, 0.29) is 17.4 Å². The first kappa shape index (κ1) is 14.5. The van der Waals surface area contributed by atoms with E-state index in [1.807, 2.05) is 21.1 Å². The lowest BCUT2D eigenvalue weighted by atomic mass is 10.2. The van der Waals surface area contributed by atoms with Crippen LogP contribution in [0.3, 0.4) is 0 Å². The van der Waals surface area contributed by atoms with Crippen molar-refractivity contribution in [3.05, 3.63) is 29.8 Å². The van der Waals surface area contributed by atoms with Crippen LogP contribution in [0.15, 0.2) is 24.3 Å². The standard InChI is InChI=1S/C10H13F3N.Al.3H/c1-14(2,3)9-6-4-8(5-7-9)10(11,12)13;;;;/h4-7H,1-3H3;;;;/q+1;;;;. The predicted octanol–water partition coefficient (Wildman–Crippen LogP) is 1.72. The summed E-state index contributed by atoms with van der Waals surface area (Å²) in [5.41, 5.74) is 0.243. The Kier molecular flexibility index (Phi) is 4.41. The highest BCUT2D eigenvalue weighted by Crippen LogP contribution is 2.30. The second kappa shape index (κ2) is 4.56. The van der Waals surface area contributed by atoms with E-state index in [1.165, 1.54) is 12.1 Å². The SMILES string of the molecule is C[N+](C)(C)c1ccc(C(F)(F)F)cc1.[AlH3]. The number of benzene rings is 1. The van der Waals surface area contributed by atoms with E-state index in [2.05, 4.69) is 0 Å². The van der Waals surface area contributed by atoms with Gasteiger partial charge in [0.05, 0.1) is 26.7 Å². The monoisotopic (exact) mass is 234 g/mol. The second-order valence-electron chi connectivity index (χ2n) is 4.06. The molecule has 0 spiro atoms. The third-order valence-electron chi connectivity index (χ3n) is 1.97. The molecule has 0 saturated heterocycles. The van der Waals surface area contributed by atoms with Gasteiger partial charge >= 0.3 is 6.18 Å². The maximum atomic E-state index is 12.2. The summed E-state index contributed by atoms with van der Waals surface area (Å²) in [5, 5.41) is 0. The van der Waals surface area contributed by atoms with Crippen molar-refractivity contribution in [2.24, 2.45) is 0 Å². The summed E-state index contributed by atoms with van der Waals surface area (Å²) in [6, 6.07) is 5.23. The van der Waals surface area contributed by atoms with Crippen molar-refractivity contribution in [1.82, 2.24) is 4.48 Å². The first-order valence-electron chi connectivity index (χ1n) is 4.20. The molecule has 84 valence electrons. The Morgan fingerprint density at radius 1 is 0.933 bits per heavy atom. The van der Waals surface area contributed by atoms with Gasteiger partial charge in [-0.15, -0.1) is 0 Å². The molecule has 0 N–H and O–H groups in total. The molecule has 0 bridgehead atoms. The van der Waals surface area contributed by atoms with Crippen LogP contribution in [0.4, 0.5) is 18.9 Å². The highest BCUT2D eigenvalue weighted by atomic mass is 27.0. The summed E-state index contributed by atoms with van der Waals surface area (Å²) in [6.45, 7) is 0. The first-order valence-corrected chi connectivity index (χ1v) is 4.20. The molecule has 0 saturated carbocycles. The Morgan fingerprint density at radius 3 is 1.60 bits per heavy atom. The van der Waals surface area contributed by atoms with Crippen molar-refractivity contribution >= 4 is 23.0 Å². The van der Waals surface area contributed by atoms with Crippen LogP contribution in [0.2, 0.25) is 0 Å². The van der Waals surface area contributed by atoms with Gasteiger partial charge in [-0.1, -0.05) is 0 Å². The molecule has 1 rings (SSSR count). The molecule has 5 heteroatoms. The molecule has 0 aliphatic heterocycles. The summed E-state index contributed by atoms with van der Waals surface area (Å²) < 4.78 is 37.1. The highest BCUT2D eigenvalue weighted by Gasteiger charge is 2.30. The molecule has 0 aliphatic carbocycles. The average molecular weight is 234 g/mol. The van der Waals surface area contributed by atoms with Gasteiger partial charge in [0.2, 0.25) is 0 Å². The van der Waals surface area contributed by atoms with E-state index in [4.69, 9.17) is 0 Å². The Bertz CT molecular complexity index is 278. The summed E-state index contributed by atoms with van der Waals surface area (Å²) >= 11 is 0. The van der Waals surface area contributed by atoms with E-state index in [9.17, 15) is 13.2 Å². The first-order chi connectivity index (χ1) is 6.21. The summed E-state index contributed by atoms with van der Waals surface area (Å²) in [6.07, 6.45) is -4.25. The fourth-order valence-electron chi connectivity index (χ4n) is 1.10. The zero-order valence-corrected chi connectivity index (χ0v) is 8.39. The van der Waals surface area contributed by atoms with Gasteiger partial charge in [-0.3, -0.25) is 4.48 Å². The number of alkyl halides is 3. The van der Waals surface area contributed by atoms with Crippen LogP contribution in [0, 0.1) is 0 Å². The molecule has 0 amide bonds. The smallest absolute Gasteiger partial charge is 0.298 e. The van der Waals surface area contributed by atoms with Gasteiger partial charge in [0, 0.05) is 0 Å². The molecule has 0 fully saturated rings. The maximum Gasteiger partial charge on any atom is 0.416 e.